The van der Waals surface area contributed by atoms with Gasteiger partial charge in [0.05, 0.1) is 4.91 Å². The van der Waals surface area contributed by atoms with Gasteiger partial charge in [-0.2, -0.15) is 16.8 Å². The van der Waals surface area contributed by atoms with Crippen LogP contribution in [0.4, 0.5) is 0 Å². The average molecular weight is 321 g/mol. The molecule has 0 saturated carbocycles. The molecule has 110 valence electrons. The molecule has 8 nitrogen and oxygen atoms in total. The van der Waals surface area contributed by atoms with Crippen molar-refractivity contribution in [2.45, 2.75) is 11.4 Å². The first kappa shape index (κ1) is 14.9. The number of nitrogens with two attached hydrogens (primary N) is 1. The van der Waals surface area contributed by atoms with Gasteiger partial charge in [-0.15, -0.1) is 0 Å². The summed E-state index contributed by atoms with van der Waals surface area (Å²) in [6.45, 7) is 0. The van der Waals surface area contributed by atoms with Crippen LogP contribution in [0.5, 0.6) is 0 Å². The molecule has 5 N–H and O–H groups in total. The summed E-state index contributed by atoms with van der Waals surface area (Å²) >= 11 is 0. The molecule has 0 saturated heterocycles. The molecular formula is C10H11NO7S2. The Hall–Kier alpha value is -1.46. The SMILES string of the molecule is NC1=C2C=CC(O)(S(=O)(=O)O)C=C2C(S(=O)(=O)O)=CC1. The van der Waals surface area contributed by atoms with Crippen molar-refractivity contribution in [3.8, 4) is 0 Å². The molecule has 2 aliphatic rings. The monoisotopic (exact) mass is 321 g/mol. The largest absolute Gasteiger partial charge is 0.401 e. The van der Waals surface area contributed by atoms with E-state index in [4.69, 9.17) is 14.8 Å². The van der Waals surface area contributed by atoms with Gasteiger partial charge in [-0.05, 0) is 12.2 Å². The predicted molar refractivity (Wildman–Crippen MR) is 69.2 cm³/mol. The Balaban J connectivity index is 2.71. The number of fused-ring (bicyclic) bond motifs is 1. The third-order valence-electron chi connectivity index (χ3n) is 2.94. The molecule has 0 radical (unpaired) electrons. The normalized spacial score (nSPS) is 26.9. The molecule has 0 aromatic rings. The van der Waals surface area contributed by atoms with Gasteiger partial charge >= 0.3 is 10.1 Å². The molecule has 0 fully saturated rings. The lowest BCUT2D eigenvalue weighted by molar-refractivity contribution is 0.206. The zero-order chi connectivity index (χ0) is 15.3. The van der Waals surface area contributed by atoms with Crippen LogP contribution in [-0.4, -0.2) is 36.0 Å². The second kappa shape index (κ2) is 4.27. The maximum Gasteiger partial charge on any atom is 0.302 e. The zero-order valence-electron chi connectivity index (χ0n) is 9.88. The highest BCUT2D eigenvalue weighted by Crippen LogP contribution is 2.38. The second-order valence-corrected chi connectivity index (χ2v) is 7.30. The number of rotatable bonds is 2. The van der Waals surface area contributed by atoms with Crippen molar-refractivity contribution in [2.24, 2.45) is 5.73 Å². The molecule has 2 rings (SSSR count). The van der Waals surface area contributed by atoms with E-state index in [0.29, 0.717) is 6.08 Å². The van der Waals surface area contributed by atoms with Crippen LogP contribution in [0.15, 0.2) is 46.1 Å². The summed E-state index contributed by atoms with van der Waals surface area (Å²) in [5.41, 5.74) is 5.78. The van der Waals surface area contributed by atoms with Crippen LogP contribution in [0.2, 0.25) is 0 Å². The van der Waals surface area contributed by atoms with Gasteiger partial charge in [-0.1, -0.05) is 12.2 Å². The van der Waals surface area contributed by atoms with Crippen molar-refractivity contribution in [1.29, 1.82) is 0 Å². The highest BCUT2D eigenvalue weighted by atomic mass is 32.2. The quantitative estimate of drug-likeness (QED) is 0.494. The molecular weight excluding hydrogens is 310 g/mol. The molecule has 0 heterocycles. The molecule has 1 atom stereocenters. The lowest BCUT2D eigenvalue weighted by Crippen LogP contribution is -2.36. The summed E-state index contributed by atoms with van der Waals surface area (Å²) < 4.78 is 63.0. The van der Waals surface area contributed by atoms with E-state index in [0.717, 1.165) is 18.2 Å². The molecule has 0 amide bonds. The van der Waals surface area contributed by atoms with Gasteiger partial charge < -0.3 is 10.8 Å². The smallest absolute Gasteiger partial charge is 0.302 e. The van der Waals surface area contributed by atoms with E-state index >= 15 is 0 Å². The molecule has 10 heteroatoms. The van der Waals surface area contributed by atoms with Gasteiger partial charge in [0.25, 0.3) is 10.1 Å². The second-order valence-electron chi connectivity index (χ2n) is 4.30. The lowest BCUT2D eigenvalue weighted by Gasteiger charge is -2.27. The fraction of sp³-hybridized carbons (Fsp3) is 0.200. The molecule has 0 aromatic heterocycles. The Morgan fingerprint density at radius 3 is 2.30 bits per heavy atom. The fourth-order valence-electron chi connectivity index (χ4n) is 1.94. The van der Waals surface area contributed by atoms with Crippen molar-refractivity contribution < 1.29 is 31.0 Å². The topological polar surface area (TPSA) is 155 Å². The molecule has 20 heavy (non-hydrogen) atoms. The number of aliphatic hydroxyl groups is 1. The van der Waals surface area contributed by atoms with Crippen LogP contribution in [0.25, 0.3) is 0 Å². The van der Waals surface area contributed by atoms with E-state index < -0.39 is 30.1 Å². The van der Waals surface area contributed by atoms with Gasteiger partial charge in [-0.3, -0.25) is 9.11 Å². The number of hydrogen-bond acceptors (Lipinski definition) is 6. The Morgan fingerprint density at radius 1 is 1.20 bits per heavy atom. The van der Waals surface area contributed by atoms with Crippen LogP contribution >= 0.6 is 0 Å². The fourth-order valence-corrected chi connectivity index (χ4v) is 3.18. The summed E-state index contributed by atoms with van der Waals surface area (Å²) in [5, 5.41) is 9.85. The Labute approximate surface area is 115 Å². The minimum absolute atomic E-state index is 0.0381. The van der Waals surface area contributed by atoms with Crippen LogP contribution < -0.4 is 5.73 Å². The molecule has 0 aliphatic heterocycles. The van der Waals surface area contributed by atoms with Gasteiger partial charge in [0, 0.05) is 23.3 Å². The third-order valence-corrected chi connectivity index (χ3v) is 4.96. The maximum atomic E-state index is 11.3. The maximum absolute atomic E-state index is 11.3. The first-order chi connectivity index (χ1) is 8.96. The summed E-state index contributed by atoms with van der Waals surface area (Å²) in [6, 6.07) is 0. The predicted octanol–water partition coefficient (Wildman–Crippen LogP) is -0.553. The molecule has 1 unspecified atom stereocenters. The van der Waals surface area contributed by atoms with Crippen LogP contribution in [0.1, 0.15) is 6.42 Å². The standard InChI is InChI=1S/C10H11NO7S2/c11-8-1-2-9(19(13,14)15)7-5-10(12,20(16,17)18)4-3-6(7)8/h2-5,12H,1,11H2,(H,13,14,15)(H,16,17,18). The van der Waals surface area contributed by atoms with E-state index in [-0.39, 0.29) is 23.3 Å². The molecule has 2 aliphatic carbocycles. The van der Waals surface area contributed by atoms with Crippen LogP contribution in [-0.2, 0) is 20.2 Å². The first-order valence-corrected chi connectivity index (χ1v) is 8.12. The third kappa shape index (κ3) is 2.31. The van der Waals surface area contributed by atoms with E-state index in [2.05, 4.69) is 0 Å². The first-order valence-electron chi connectivity index (χ1n) is 5.24. The summed E-state index contributed by atoms with van der Waals surface area (Å²) in [5.74, 6) is 0. The number of allylic oxidation sites excluding steroid dienone is 4. The summed E-state index contributed by atoms with van der Waals surface area (Å²) in [6.07, 6.45) is 3.58. The minimum atomic E-state index is -4.94. The van der Waals surface area contributed by atoms with Gasteiger partial charge in [0.2, 0.25) is 4.93 Å². The molecule has 0 aromatic carbocycles. The molecule has 0 bridgehead atoms. The van der Waals surface area contributed by atoms with Gasteiger partial charge in [-0.25, -0.2) is 0 Å². The van der Waals surface area contributed by atoms with Crippen molar-refractivity contribution in [2.75, 3.05) is 0 Å². The minimum Gasteiger partial charge on any atom is -0.401 e. The van der Waals surface area contributed by atoms with E-state index in [1.807, 2.05) is 0 Å². The van der Waals surface area contributed by atoms with E-state index in [1.54, 1.807) is 0 Å². The lowest BCUT2D eigenvalue weighted by atomic mass is 9.91. The summed E-state index contributed by atoms with van der Waals surface area (Å²) in [4.78, 5) is -3.36. The van der Waals surface area contributed by atoms with Crippen LogP contribution in [0, 0.1) is 0 Å². The average Bonchev–Trinajstić information content (AvgIpc) is 2.25. The Kier molecular flexibility index (Phi) is 3.19. The zero-order valence-corrected chi connectivity index (χ0v) is 11.5. The van der Waals surface area contributed by atoms with Gasteiger partial charge in [0.1, 0.15) is 0 Å². The van der Waals surface area contributed by atoms with Crippen LogP contribution in [0.3, 0.4) is 0 Å². The molecule has 0 spiro atoms. The van der Waals surface area contributed by atoms with E-state index in [1.165, 1.54) is 0 Å². The highest BCUT2D eigenvalue weighted by molar-refractivity contribution is 7.90. The number of hydrogen-bond donors (Lipinski definition) is 4. The van der Waals surface area contributed by atoms with Gasteiger partial charge in [0.15, 0.2) is 0 Å². The van der Waals surface area contributed by atoms with Crippen molar-refractivity contribution in [1.82, 2.24) is 0 Å². The van der Waals surface area contributed by atoms with Crippen molar-refractivity contribution in [3.63, 3.8) is 0 Å². The van der Waals surface area contributed by atoms with Crippen molar-refractivity contribution in [3.05, 3.63) is 46.1 Å². The Morgan fingerprint density at radius 2 is 1.80 bits per heavy atom. The summed E-state index contributed by atoms with van der Waals surface area (Å²) in [7, 11) is -9.57. The van der Waals surface area contributed by atoms with Crippen molar-refractivity contribution >= 4 is 20.2 Å². The Bertz CT molecular complexity index is 799. The van der Waals surface area contributed by atoms with E-state index in [9.17, 15) is 21.9 Å². The highest BCUT2D eigenvalue weighted by Gasteiger charge is 2.41.